The predicted molar refractivity (Wildman–Crippen MR) is 134 cm³/mol. The molecule has 7 nitrogen and oxygen atoms in total. The number of nitrogens with one attached hydrogen (secondary N) is 1. The number of halogens is 2. The number of anilines is 1. The van der Waals surface area contributed by atoms with Crippen molar-refractivity contribution in [3.63, 3.8) is 0 Å². The van der Waals surface area contributed by atoms with Crippen molar-refractivity contribution in [2.45, 2.75) is 6.61 Å². The van der Waals surface area contributed by atoms with Gasteiger partial charge in [-0.1, -0.05) is 6.07 Å². The number of nitrogens with zero attached hydrogens (tertiary/aromatic N) is 1. The molecule has 0 aromatic heterocycles. The number of rotatable bonds is 7. The number of amides is 1. The molecule has 1 N–H and O–H groups in total. The van der Waals surface area contributed by atoms with Crippen LogP contribution in [0.25, 0.3) is 6.08 Å². The van der Waals surface area contributed by atoms with Gasteiger partial charge in [-0.2, -0.15) is 5.26 Å². The summed E-state index contributed by atoms with van der Waals surface area (Å²) in [6.45, 7) is 0.533. The first kappa shape index (κ1) is 23.7. The second-order valence-electron chi connectivity index (χ2n) is 7.14. The summed E-state index contributed by atoms with van der Waals surface area (Å²) < 4.78 is 23.2. The smallest absolute Gasteiger partial charge is 0.266 e. The first-order chi connectivity index (χ1) is 16.5. The van der Waals surface area contributed by atoms with Gasteiger partial charge in [-0.25, -0.2) is 0 Å². The summed E-state index contributed by atoms with van der Waals surface area (Å²) in [5.41, 5.74) is 2.09. The lowest BCUT2D eigenvalue weighted by Gasteiger charge is -2.12. The molecule has 3 aromatic carbocycles. The van der Waals surface area contributed by atoms with E-state index in [1.807, 2.05) is 24.3 Å². The largest absolute Gasteiger partial charge is 0.497 e. The lowest BCUT2D eigenvalue weighted by atomic mass is 10.1. The van der Waals surface area contributed by atoms with Gasteiger partial charge >= 0.3 is 0 Å². The third-order valence-electron chi connectivity index (χ3n) is 4.86. The number of nitriles is 1. The molecule has 1 amide bonds. The predicted octanol–water partition coefficient (Wildman–Crippen LogP) is 6.07. The van der Waals surface area contributed by atoms with E-state index in [0.717, 1.165) is 5.56 Å². The maximum atomic E-state index is 12.6. The van der Waals surface area contributed by atoms with Crippen molar-refractivity contribution in [3.8, 4) is 29.1 Å². The highest BCUT2D eigenvalue weighted by molar-refractivity contribution is 9.11. The molecular formula is C25H18Br2N2O5. The topological polar surface area (TPSA) is 89.8 Å². The Labute approximate surface area is 213 Å². The lowest BCUT2D eigenvalue weighted by molar-refractivity contribution is -0.112. The summed E-state index contributed by atoms with van der Waals surface area (Å²) in [7, 11) is 1.56. The molecule has 1 heterocycles. The standard InChI is InChI=1S/C25H18Br2N2O5/c1-31-19-5-3-18(4-6-19)29-25(30)17(12-28)8-16-9-20(26)24(21(27)10-16)32-13-15-2-7-22-23(11-15)34-14-33-22/h2-11H,13-14H2,1H3,(H,29,30)/b17-8-. The summed E-state index contributed by atoms with van der Waals surface area (Å²) in [4.78, 5) is 12.6. The summed E-state index contributed by atoms with van der Waals surface area (Å²) in [5.74, 6) is 2.16. The van der Waals surface area contributed by atoms with Gasteiger partial charge in [0.25, 0.3) is 5.91 Å². The lowest BCUT2D eigenvalue weighted by Crippen LogP contribution is -2.13. The van der Waals surface area contributed by atoms with E-state index in [0.29, 0.717) is 49.8 Å². The van der Waals surface area contributed by atoms with Crippen LogP contribution in [0.3, 0.4) is 0 Å². The first-order valence-electron chi connectivity index (χ1n) is 10.0. The van der Waals surface area contributed by atoms with Crippen LogP contribution in [0.2, 0.25) is 0 Å². The van der Waals surface area contributed by atoms with E-state index in [4.69, 9.17) is 18.9 Å². The zero-order valence-corrected chi connectivity index (χ0v) is 21.1. The van der Waals surface area contributed by atoms with Gasteiger partial charge in [-0.15, -0.1) is 0 Å². The minimum absolute atomic E-state index is 0.0383. The molecule has 9 heteroatoms. The van der Waals surface area contributed by atoms with Gasteiger partial charge in [0.2, 0.25) is 6.79 Å². The zero-order chi connectivity index (χ0) is 24.1. The second kappa shape index (κ2) is 10.6. The monoisotopic (exact) mass is 584 g/mol. The Bertz CT molecular complexity index is 1280. The molecule has 1 aliphatic heterocycles. The summed E-state index contributed by atoms with van der Waals surface area (Å²) in [6.07, 6.45) is 1.51. The van der Waals surface area contributed by atoms with Crippen molar-refractivity contribution in [1.82, 2.24) is 0 Å². The van der Waals surface area contributed by atoms with E-state index in [2.05, 4.69) is 37.2 Å². The van der Waals surface area contributed by atoms with Gasteiger partial charge in [-0.3, -0.25) is 4.79 Å². The number of carbonyl (C=O) groups excluding carboxylic acids is 1. The Balaban J connectivity index is 1.47. The Morgan fingerprint density at radius 3 is 2.47 bits per heavy atom. The average Bonchev–Trinajstić information content (AvgIpc) is 3.30. The number of benzene rings is 3. The molecule has 0 atom stereocenters. The Hall–Kier alpha value is -3.48. The molecule has 0 radical (unpaired) electrons. The van der Waals surface area contributed by atoms with E-state index in [1.54, 1.807) is 43.5 Å². The fourth-order valence-corrected chi connectivity index (χ4v) is 4.63. The van der Waals surface area contributed by atoms with Crippen molar-refractivity contribution in [2.75, 3.05) is 19.2 Å². The van der Waals surface area contributed by atoms with Gasteiger partial charge in [0.1, 0.15) is 29.7 Å². The number of hydrogen-bond donors (Lipinski definition) is 1. The van der Waals surface area contributed by atoms with Crippen LogP contribution < -0.4 is 24.3 Å². The van der Waals surface area contributed by atoms with Crippen LogP contribution in [0, 0.1) is 11.3 Å². The molecule has 34 heavy (non-hydrogen) atoms. The van der Waals surface area contributed by atoms with E-state index in [-0.39, 0.29) is 12.4 Å². The molecule has 0 unspecified atom stereocenters. The SMILES string of the molecule is COc1ccc(NC(=O)/C(C#N)=C\c2cc(Br)c(OCc3ccc4c(c3)OCO4)c(Br)c2)cc1. The normalized spacial score (nSPS) is 12.1. The van der Waals surface area contributed by atoms with Crippen LogP contribution in [0.15, 0.2) is 69.1 Å². The molecule has 1 aliphatic rings. The van der Waals surface area contributed by atoms with Gasteiger partial charge in [0.15, 0.2) is 11.5 Å². The number of methoxy groups -OCH3 is 1. The summed E-state index contributed by atoms with van der Waals surface area (Å²) in [6, 6.07) is 18.0. The second-order valence-corrected chi connectivity index (χ2v) is 8.85. The minimum atomic E-state index is -0.511. The highest BCUT2D eigenvalue weighted by Gasteiger charge is 2.15. The third kappa shape index (κ3) is 5.53. The van der Waals surface area contributed by atoms with Crippen LogP contribution in [0.4, 0.5) is 5.69 Å². The minimum Gasteiger partial charge on any atom is -0.497 e. The fourth-order valence-electron chi connectivity index (χ4n) is 3.17. The Kier molecular flexibility index (Phi) is 7.40. The number of carbonyl (C=O) groups is 1. The zero-order valence-electron chi connectivity index (χ0n) is 17.9. The highest BCUT2D eigenvalue weighted by Crippen LogP contribution is 2.37. The highest BCUT2D eigenvalue weighted by atomic mass is 79.9. The van der Waals surface area contributed by atoms with Crippen molar-refractivity contribution in [3.05, 3.63) is 80.2 Å². The van der Waals surface area contributed by atoms with Crippen LogP contribution in [0.1, 0.15) is 11.1 Å². The molecule has 4 rings (SSSR count). The van der Waals surface area contributed by atoms with E-state index in [1.165, 1.54) is 6.08 Å². The molecule has 0 spiro atoms. The molecule has 0 saturated heterocycles. The van der Waals surface area contributed by atoms with Crippen molar-refractivity contribution in [1.29, 1.82) is 5.26 Å². The van der Waals surface area contributed by atoms with E-state index in [9.17, 15) is 10.1 Å². The molecule has 0 fully saturated rings. The molecule has 0 saturated carbocycles. The van der Waals surface area contributed by atoms with E-state index >= 15 is 0 Å². The summed E-state index contributed by atoms with van der Waals surface area (Å²) >= 11 is 7.03. The quantitative estimate of drug-likeness (QED) is 0.267. The van der Waals surface area contributed by atoms with Crippen LogP contribution >= 0.6 is 31.9 Å². The number of hydrogen-bond acceptors (Lipinski definition) is 6. The molecule has 3 aromatic rings. The van der Waals surface area contributed by atoms with Gasteiger partial charge in [0, 0.05) is 5.69 Å². The van der Waals surface area contributed by atoms with Crippen LogP contribution in [-0.2, 0) is 11.4 Å². The van der Waals surface area contributed by atoms with Gasteiger partial charge in [0.05, 0.1) is 16.1 Å². The summed E-state index contributed by atoms with van der Waals surface area (Å²) in [5, 5.41) is 12.2. The third-order valence-corrected chi connectivity index (χ3v) is 6.04. The number of fused-ring (bicyclic) bond motifs is 1. The Morgan fingerprint density at radius 1 is 1.09 bits per heavy atom. The fraction of sp³-hybridized carbons (Fsp3) is 0.120. The van der Waals surface area contributed by atoms with Crippen molar-refractivity contribution in [2.24, 2.45) is 0 Å². The van der Waals surface area contributed by atoms with Gasteiger partial charge < -0.3 is 24.3 Å². The van der Waals surface area contributed by atoms with Crippen molar-refractivity contribution >= 4 is 49.5 Å². The first-order valence-corrected chi connectivity index (χ1v) is 11.6. The van der Waals surface area contributed by atoms with Crippen LogP contribution in [0.5, 0.6) is 23.0 Å². The maximum Gasteiger partial charge on any atom is 0.266 e. The van der Waals surface area contributed by atoms with E-state index < -0.39 is 5.91 Å². The maximum absolute atomic E-state index is 12.6. The number of ether oxygens (including phenoxy) is 4. The molecular weight excluding hydrogens is 568 g/mol. The van der Waals surface area contributed by atoms with Crippen molar-refractivity contribution < 1.29 is 23.7 Å². The molecule has 0 bridgehead atoms. The van der Waals surface area contributed by atoms with Gasteiger partial charge in [-0.05, 0) is 97.6 Å². The Morgan fingerprint density at radius 2 is 1.79 bits per heavy atom. The molecule has 0 aliphatic carbocycles. The van der Waals surface area contributed by atoms with Crippen LogP contribution in [-0.4, -0.2) is 19.8 Å². The molecule has 172 valence electrons. The average molecular weight is 586 g/mol.